The van der Waals surface area contributed by atoms with Gasteiger partial charge in [0.2, 0.25) is 5.91 Å². The summed E-state index contributed by atoms with van der Waals surface area (Å²) in [4.78, 5) is 11.7. The maximum absolute atomic E-state index is 11.7. The highest BCUT2D eigenvalue weighted by Crippen LogP contribution is 2.09. The van der Waals surface area contributed by atoms with Gasteiger partial charge in [-0.05, 0) is 25.7 Å². The van der Waals surface area contributed by atoms with Gasteiger partial charge in [0.25, 0.3) is 0 Å². The van der Waals surface area contributed by atoms with E-state index in [1.54, 1.807) is 18.7 Å². The van der Waals surface area contributed by atoms with Crippen LogP contribution < -0.4 is 5.32 Å². The Hall–Kier alpha value is -1.00. The molecule has 0 saturated carbocycles. The van der Waals surface area contributed by atoms with Crippen molar-refractivity contribution in [2.45, 2.75) is 25.9 Å². The van der Waals surface area contributed by atoms with Crippen molar-refractivity contribution in [2.24, 2.45) is 0 Å². The third kappa shape index (κ3) is 5.56. The van der Waals surface area contributed by atoms with Crippen LogP contribution in [0.1, 0.15) is 18.1 Å². The van der Waals surface area contributed by atoms with Gasteiger partial charge >= 0.3 is 0 Å². The van der Waals surface area contributed by atoms with E-state index in [9.17, 15) is 9.90 Å². The molecule has 0 radical (unpaired) electrons. The topological polar surface area (TPSA) is 49.3 Å². The van der Waals surface area contributed by atoms with Gasteiger partial charge in [-0.15, -0.1) is 0 Å². The quantitative estimate of drug-likeness (QED) is 0.826. The number of hydrogen-bond donors (Lipinski definition) is 2. The molecule has 2 N–H and O–H groups in total. The minimum absolute atomic E-state index is 0.0553. The van der Waals surface area contributed by atoms with Crippen LogP contribution in [-0.2, 0) is 11.2 Å². The number of thioether (sulfide) groups is 1. The van der Waals surface area contributed by atoms with E-state index in [1.807, 2.05) is 37.4 Å². The number of hydrogen-bond acceptors (Lipinski definition) is 3. The lowest BCUT2D eigenvalue weighted by Gasteiger charge is -2.22. The summed E-state index contributed by atoms with van der Waals surface area (Å²) in [5.41, 5.74) is 1.33. The summed E-state index contributed by atoms with van der Waals surface area (Å²) >= 11 is 1.56. The van der Waals surface area contributed by atoms with Gasteiger partial charge in [-0.2, -0.15) is 11.8 Å². The Morgan fingerprint density at radius 3 is 2.56 bits per heavy atom. The number of carbonyl (C=O) groups is 1. The van der Waals surface area contributed by atoms with Gasteiger partial charge in [-0.1, -0.05) is 29.8 Å². The molecule has 1 aromatic rings. The first-order valence-corrected chi connectivity index (χ1v) is 7.36. The molecule has 3 nitrogen and oxygen atoms in total. The molecule has 0 aliphatic rings. The number of benzene rings is 1. The number of carbonyl (C=O) groups excluding carboxylic acids is 1. The van der Waals surface area contributed by atoms with Crippen LogP contribution in [0.2, 0.25) is 0 Å². The summed E-state index contributed by atoms with van der Waals surface area (Å²) in [5.74, 6) is 0.554. The second-order valence-electron chi connectivity index (χ2n) is 4.87. The first-order chi connectivity index (χ1) is 8.43. The molecule has 4 heteroatoms. The normalized spacial score (nSPS) is 14.0. The molecule has 1 rings (SSSR count). The van der Waals surface area contributed by atoms with E-state index in [-0.39, 0.29) is 5.91 Å². The molecule has 1 amide bonds. The second-order valence-corrected chi connectivity index (χ2v) is 5.74. The van der Waals surface area contributed by atoms with Crippen LogP contribution in [0.15, 0.2) is 24.3 Å². The summed E-state index contributed by atoms with van der Waals surface area (Å²) in [6, 6.07) is 7.89. The zero-order valence-electron chi connectivity index (χ0n) is 11.2. The maximum atomic E-state index is 11.7. The van der Waals surface area contributed by atoms with Gasteiger partial charge in [0.1, 0.15) is 0 Å². The highest BCUT2D eigenvalue weighted by Gasteiger charge is 2.20. The van der Waals surface area contributed by atoms with Crippen LogP contribution in [0, 0.1) is 6.92 Å². The minimum atomic E-state index is -0.845. The Kier molecular flexibility index (Phi) is 5.69. The maximum Gasteiger partial charge on any atom is 0.224 e. The molecular formula is C14H21NO2S. The van der Waals surface area contributed by atoms with Crippen molar-refractivity contribution in [3.63, 3.8) is 0 Å². The third-order valence-corrected chi connectivity index (χ3v) is 3.52. The van der Waals surface area contributed by atoms with Crippen molar-refractivity contribution in [1.29, 1.82) is 0 Å². The molecule has 0 saturated heterocycles. The zero-order valence-corrected chi connectivity index (χ0v) is 12.0. The fraction of sp³-hybridized carbons (Fsp3) is 0.500. The lowest BCUT2D eigenvalue weighted by Crippen LogP contribution is -2.42. The fourth-order valence-electron chi connectivity index (χ4n) is 1.60. The Labute approximate surface area is 113 Å². The van der Waals surface area contributed by atoms with Crippen LogP contribution in [0.25, 0.3) is 0 Å². The SMILES string of the molecule is CSCC(C)(O)CNC(=O)Cc1ccc(C)cc1. The lowest BCUT2D eigenvalue weighted by atomic mass is 10.1. The van der Waals surface area contributed by atoms with Crippen molar-refractivity contribution in [3.8, 4) is 0 Å². The molecule has 0 fully saturated rings. The smallest absolute Gasteiger partial charge is 0.224 e. The molecule has 0 aliphatic carbocycles. The van der Waals surface area contributed by atoms with Crippen molar-refractivity contribution < 1.29 is 9.90 Å². The first kappa shape index (κ1) is 15.1. The predicted octanol–water partition coefficient (Wildman–Crippen LogP) is 1.77. The summed E-state index contributed by atoms with van der Waals surface area (Å²) in [7, 11) is 0. The molecule has 1 atom stereocenters. The molecular weight excluding hydrogens is 246 g/mol. The van der Waals surface area contributed by atoms with E-state index >= 15 is 0 Å². The summed E-state index contributed by atoms with van der Waals surface area (Å²) in [6.07, 6.45) is 2.29. The molecule has 1 unspecified atom stereocenters. The van der Waals surface area contributed by atoms with Crippen molar-refractivity contribution >= 4 is 17.7 Å². The number of nitrogens with one attached hydrogen (secondary N) is 1. The van der Waals surface area contributed by atoms with Gasteiger partial charge in [0, 0.05) is 12.3 Å². The number of aliphatic hydroxyl groups is 1. The Bertz CT molecular complexity index is 387. The van der Waals surface area contributed by atoms with Crippen LogP contribution in [0.5, 0.6) is 0 Å². The van der Waals surface area contributed by atoms with Crippen LogP contribution >= 0.6 is 11.8 Å². The average molecular weight is 267 g/mol. The predicted molar refractivity (Wildman–Crippen MR) is 76.9 cm³/mol. The molecule has 0 heterocycles. The fourth-order valence-corrected chi connectivity index (χ4v) is 2.33. The molecule has 0 aliphatic heterocycles. The zero-order chi connectivity index (χ0) is 13.6. The first-order valence-electron chi connectivity index (χ1n) is 5.96. The molecule has 18 heavy (non-hydrogen) atoms. The molecule has 1 aromatic carbocycles. The number of rotatable bonds is 6. The van der Waals surface area contributed by atoms with E-state index in [0.29, 0.717) is 18.7 Å². The highest BCUT2D eigenvalue weighted by atomic mass is 32.2. The minimum Gasteiger partial charge on any atom is -0.387 e. The van der Waals surface area contributed by atoms with E-state index < -0.39 is 5.60 Å². The Balaban J connectivity index is 2.40. The second kappa shape index (κ2) is 6.81. The average Bonchev–Trinajstić information content (AvgIpc) is 2.30. The monoisotopic (exact) mass is 267 g/mol. The van der Waals surface area contributed by atoms with Crippen LogP contribution in [0.4, 0.5) is 0 Å². The summed E-state index contributed by atoms with van der Waals surface area (Å²) < 4.78 is 0. The Morgan fingerprint density at radius 1 is 1.39 bits per heavy atom. The number of amides is 1. The van der Waals surface area contributed by atoms with Crippen molar-refractivity contribution in [3.05, 3.63) is 35.4 Å². The van der Waals surface area contributed by atoms with Gasteiger partial charge in [0.15, 0.2) is 0 Å². The van der Waals surface area contributed by atoms with Crippen molar-refractivity contribution in [2.75, 3.05) is 18.6 Å². The third-order valence-electron chi connectivity index (χ3n) is 2.61. The number of aryl methyl sites for hydroxylation is 1. The van der Waals surface area contributed by atoms with Gasteiger partial charge < -0.3 is 10.4 Å². The van der Waals surface area contributed by atoms with Crippen LogP contribution in [0.3, 0.4) is 0 Å². The van der Waals surface area contributed by atoms with Gasteiger partial charge in [0.05, 0.1) is 12.0 Å². The van der Waals surface area contributed by atoms with Crippen LogP contribution in [-0.4, -0.2) is 35.2 Å². The lowest BCUT2D eigenvalue weighted by molar-refractivity contribution is -0.121. The molecule has 0 spiro atoms. The Morgan fingerprint density at radius 2 is 2.00 bits per heavy atom. The van der Waals surface area contributed by atoms with Gasteiger partial charge in [-0.25, -0.2) is 0 Å². The van der Waals surface area contributed by atoms with E-state index in [4.69, 9.17) is 0 Å². The standard InChI is InChI=1S/C14H21NO2S/c1-11-4-6-12(7-5-11)8-13(16)15-9-14(2,17)10-18-3/h4-7,17H,8-10H2,1-3H3,(H,15,16). The summed E-state index contributed by atoms with van der Waals surface area (Å²) in [6.45, 7) is 4.04. The highest BCUT2D eigenvalue weighted by molar-refractivity contribution is 7.98. The van der Waals surface area contributed by atoms with Crippen molar-refractivity contribution in [1.82, 2.24) is 5.32 Å². The van der Waals surface area contributed by atoms with Gasteiger partial charge in [-0.3, -0.25) is 4.79 Å². The molecule has 100 valence electrons. The largest absolute Gasteiger partial charge is 0.387 e. The van der Waals surface area contributed by atoms with E-state index in [2.05, 4.69) is 5.32 Å². The summed E-state index contributed by atoms with van der Waals surface area (Å²) in [5, 5.41) is 12.7. The molecule has 0 bridgehead atoms. The van der Waals surface area contributed by atoms with E-state index in [0.717, 1.165) is 5.56 Å². The van der Waals surface area contributed by atoms with E-state index in [1.165, 1.54) is 5.56 Å². The molecule has 0 aromatic heterocycles.